The van der Waals surface area contributed by atoms with Gasteiger partial charge in [0.05, 0.1) is 0 Å². The molecule has 0 radical (unpaired) electrons. The van der Waals surface area contributed by atoms with Gasteiger partial charge < -0.3 is 0 Å². The first-order valence-corrected chi connectivity index (χ1v) is 11.4. The summed E-state index contributed by atoms with van der Waals surface area (Å²) in [7, 11) is 0. The van der Waals surface area contributed by atoms with Crippen molar-refractivity contribution in [2.24, 2.45) is 0 Å². The van der Waals surface area contributed by atoms with E-state index >= 15 is 0 Å². The molecule has 0 aliphatic heterocycles. The van der Waals surface area contributed by atoms with Crippen LogP contribution in [0, 0.1) is 0 Å². The molecule has 0 heterocycles. The number of hydrogen-bond donors (Lipinski definition) is 0. The third-order valence-corrected chi connectivity index (χ3v) is 6.30. The molecule has 5 rings (SSSR count). The summed E-state index contributed by atoms with van der Waals surface area (Å²) in [5.74, 6) is 0. The van der Waals surface area contributed by atoms with Gasteiger partial charge in [0.15, 0.2) is 0 Å². The zero-order valence-corrected chi connectivity index (χ0v) is 18.3. The van der Waals surface area contributed by atoms with E-state index in [0.717, 1.165) is 16.1 Å². The lowest BCUT2D eigenvalue weighted by Crippen LogP contribution is -1.91. The van der Waals surface area contributed by atoms with Gasteiger partial charge in [-0.05, 0) is 94.5 Å². The molecular weight excluding hydrogens is 396 g/mol. The molecule has 0 unspecified atom stereocenters. The summed E-state index contributed by atoms with van der Waals surface area (Å²) >= 11 is 6.55. The van der Waals surface area contributed by atoms with Crippen LogP contribution in [-0.2, 0) is 0 Å². The molecule has 0 saturated carbocycles. The molecule has 0 amide bonds. The van der Waals surface area contributed by atoms with Gasteiger partial charge in [0.25, 0.3) is 0 Å². The number of hydrogen-bond acceptors (Lipinski definition) is 0. The molecule has 1 aliphatic rings. The van der Waals surface area contributed by atoms with Crippen LogP contribution in [0.1, 0.15) is 31.2 Å². The van der Waals surface area contributed by atoms with Gasteiger partial charge in [0, 0.05) is 5.02 Å². The summed E-state index contributed by atoms with van der Waals surface area (Å²) in [6.07, 6.45) is 7.41. The average Bonchev–Trinajstić information content (AvgIpc) is 2.85. The highest BCUT2D eigenvalue weighted by molar-refractivity contribution is 6.31. The average molecular weight is 421 g/mol. The fourth-order valence-electron chi connectivity index (χ4n) is 4.41. The number of benzene rings is 4. The maximum Gasteiger partial charge on any atom is 0.0418 e. The molecule has 1 aliphatic carbocycles. The zero-order valence-electron chi connectivity index (χ0n) is 17.5. The van der Waals surface area contributed by atoms with Crippen LogP contribution in [0.15, 0.2) is 103 Å². The quantitative estimate of drug-likeness (QED) is 0.308. The minimum atomic E-state index is 0.761. The van der Waals surface area contributed by atoms with E-state index in [1.165, 1.54) is 59.1 Å². The van der Waals surface area contributed by atoms with Gasteiger partial charge in [0.1, 0.15) is 0 Å². The van der Waals surface area contributed by atoms with E-state index in [1.54, 1.807) is 0 Å². The molecule has 0 nitrogen and oxygen atoms in total. The normalized spacial score (nSPS) is 13.6. The van der Waals surface area contributed by atoms with Crippen LogP contribution in [0.5, 0.6) is 0 Å². The van der Waals surface area contributed by atoms with Crippen molar-refractivity contribution in [2.45, 2.75) is 25.7 Å². The maximum atomic E-state index is 6.55. The van der Waals surface area contributed by atoms with Crippen LogP contribution in [0.2, 0.25) is 5.02 Å². The summed E-state index contributed by atoms with van der Waals surface area (Å²) in [5, 5.41) is 0.761. The van der Waals surface area contributed by atoms with Crippen LogP contribution in [0.3, 0.4) is 0 Å². The molecule has 0 aromatic heterocycles. The Balaban J connectivity index is 1.48. The molecular formula is C30H25Cl. The maximum absolute atomic E-state index is 6.55. The second kappa shape index (κ2) is 8.96. The van der Waals surface area contributed by atoms with Crippen LogP contribution in [0.4, 0.5) is 0 Å². The van der Waals surface area contributed by atoms with Crippen molar-refractivity contribution in [3.8, 4) is 33.4 Å². The second-order valence-electron chi connectivity index (χ2n) is 8.23. The van der Waals surface area contributed by atoms with Gasteiger partial charge in [0.2, 0.25) is 0 Å². The number of allylic oxidation sites excluding steroid dienone is 2. The predicted octanol–water partition coefficient (Wildman–Crippen LogP) is 9.30. The molecule has 0 atom stereocenters. The molecule has 4 aromatic carbocycles. The SMILES string of the molecule is Clc1cc(-c2ccc(C3=CCCCC3)cc2)cc(-c2cccc(-c3ccccc3)c2)c1. The number of rotatable bonds is 4. The Hall–Kier alpha value is -3.09. The van der Waals surface area contributed by atoms with Gasteiger partial charge in [-0.25, -0.2) is 0 Å². The third kappa shape index (κ3) is 4.50. The summed E-state index contributed by atoms with van der Waals surface area (Å²) in [6, 6.07) is 34.5. The molecule has 0 fully saturated rings. The van der Waals surface area contributed by atoms with Crippen molar-refractivity contribution in [1.29, 1.82) is 0 Å². The van der Waals surface area contributed by atoms with Crippen molar-refractivity contribution in [1.82, 2.24) is 0 Å². The van der Waals surface area contributed by atoms with Crippen molar-refractivity contribution in [3.05, 3.63) is 114 Å². The molecule has 1 heteroatoms. The summed E-state index contributed by atoms with van der Waals surface area (Å²) < 4.78 is 0. The topological polar surface area (TPSA) is 0 Å². The van der Waals surface area contributed by atoms with Crippen LogP contribution in [0.25, 0.3) is 39.0 Å². The van der Waals surface area contributed by atoms with E-state index < -0.39 is 0 Å². The summed E-state index contributed by atoms with van der Waals surface area (Å²) in [6.45, 7) is 0. The largest absolute Gasteiger partial charge is 0.0843 e. The molecule has 0 bridgehead atoms. The fraction of sp³-hybridized carbons (Fsp3) is 0.133. The van der Waals surface area contributed by atoms with Gasteiger partial charge in [-0.3, -0.25) is 0 Å². The van der Waals surface area contributed by atoms with Crippen molar-refractivity contribution in [3.63, 3.8) is 0 Å². The van der Waals surface area contributed by atoms with Crippen LogP contribution >= 0.6 is 11.6 Å². The van der Waals surface area contributed by atoms with E-state index in [9.17, 15) is 0 Å². The first-order valence-electron chi connectivity index (χ1n) is 11.0. The first kappa shape index (κ1) is 19.8. The molecule has 31 heavy (non-hydrogen) atoms. The lowest BCUT2D eigenvalue weighted by molar-refractivity contribution is 0.742. The fourth-order valence-corrected chi connectivity index (χ4v) is 4.64. The van der Waals surface area contributed by atoms with E-state index in [4.69, 9.17) is 11.6 Å². The molecule has 152 valence electrons. The van der Waals surface area contributed by atoms with E-state index in [2.05, 4.69) is 97.1 Å². The van der Waals surface area contributed by atoms with E-state index in [1.807, 2.05) is 6.07 Å². The smallest absolute Gasteiger partial charge is 0.0418 e. The first-order chi connectivity index (χ1) is 15.3. The highest BCUT2D eigenvalue weighted by Gasteiger charge is 2.09. The lowest BCUT2D eigenvalue weighted by atomic mass is 9.92. The van der Waals surface area contributed by atoms with Crippen molar-refractivity contribution < 1.29 is 0 Å². The van der Waals surface area contributed by atoms with Gasteiger partial charge in [-0.2, -0.15) is 0 Å². The van der Waals surface area contributed by atoms with Crippen LogP contribution in [-0.4, -0.2) is 0 Å². The Kier molecular flexibility index (Phi) is 5.74. The zero-order chi connectivity index (χ0) is 21.0. The highest BCUT2D eigenvalue weighted by Crippen LogP contribution is 2.34. The molecule has 0 N–H and O–H groups in total. The third-order valence-electron chi connectivity index (χ3n) is 6.08. The Morgan fingerprint density at radius 1 is 0.484 bits per heavy atom. The van der Waals surface area contributed by atoms with Gasteiger partial charge in [-0.1, -0.05) is 90.5 Å². The minimum Gasteiger partial charge on any atom is -0.0843 e. The van der Waals surface area contributed by atoms with Crippen molar-refractivity contribution in [2.75, 3.05) is 0 Å². The monoisotopic (exact) mass is 420 g/mol. The Morgan fingerprint density at radius 2 is 1.06 bits per heavy atom. The lowest BCUT2D eigenvalue weighted by Gasteiger charge is -2.14. The van der Waals surface area contributed by atoms with Crippen LogP contribution < -0.4 is 0 Å². The Bertz CT molecular complexity index is 1220. The van der Waals surface area contributed by atoms with Crippen molar-refractivity contribution >= 4 is 17.2 Å². The summed E-state index contributed by atoms with van der Waals surface area (Å²) in [5.41, 5.74) is 9.93. The van der Waals surface area contributed by atoms with E-state index in [-0.39, 0.29) is 0 Å². The highest BCUT2D eigenvalue weighted by atomic mass is 35.5. The Morgan fingerprint density at radius 3 is 1.77 bits per heavy atom. The van der Waals surface area contributed by atoms with Gasteiger partial charge >= 0.3 is 0 Å². The standard InChI is InChI=1S/C30H25Cl/c31-30-20-28(25-16-14-24(15-17-25)22-8-3-1-4-9-22)19-29(21-30)27-13-7-12-26(18-27)23-10-5-2-6-11-23/h2,5-8,10-21H,1,3-4,9H2. The molecule has 4 aromatic rings. The van der Waals surface area contributed by atoms with Gasteiger partial charge in [-0.15, -0.1) is 0 Å². The second-order valence-corrected chi connectivity index (χ2v) is 8.66. The number of halogens is 1. The molecule has 0 spiro atoms. The summed E-state index contributed by atoms with van der Waals surface area (Å²) in [4.78, 5) is 0. The predicted molar refractivity (Wildman–Crippen MR) is 134 cm³/mol. The van der Waals surface area contributed by atoms with E-state index in [0.29, 0.717) is 0 Å². The Labute approximate surface area is 189 Å². The molecule has 0 saturated heterocycles. The minimum absolute atomic E-state index is 0.761.